The van der Waals surface area contributed by atoms with Gasteiger partial charge in [-0.15, -0.1) is 11.3 Å². The second-order valence-corrected chi connectivity index (χ2v) is 7.13. The lowest BCUT2D eigenvalue weighted by molar-refractivity contribution is -0.384. The molecule has 0 aliphatic heterocycles. The summed E-state index contributed by atoms with van der Waals surface area (Å²) in [5.74, 6) is -0.824. The van der Waals surface area contributed by atoms with E-state index in [9.17, 15) is 19.3 Å². The molecule has 1 N–H and O–H groups in total. The summed E-state index contributed by atoms with van der Waals surface area (Å²) in [5.41, 5.74) is 2.41. The molecule has 2 heterocycles. The van der Waals surface area contributed by atoms with Crippen LogP contribution in [0.15, 0.2) is 53.9 Å². The van der Waals surface area contributed by atoms with Crippen molar-refractivity contribution in [3.05, 3.63) is 81.1 Å². The second kappa shape index (κ2) is 7.36. The van der Waals surface area contributed by atoms with Gasteiger partial charge in [-0.1, -0.05) is 12.1 Å². The molecule has 4 rings (SSSR count). The molecular weight excluding hydrogens is 395 g/mol. The van der Waals surface area contributed by atoms with Crippen LogP contribution in [0.3, 0.4) is 0 Å². The lowest BCUT2D eigenvalue weighted by Crippen LogP contribution is -2.13. The quantitative estimate of drug-likeness (QED) is 0.380. The van der Waals surface area contributed by atoms with E-state index in [-0.39, 0.29) is 5.69 Å². The van der Waals surface area contributed by atoms with Gasteiger partial charge in [-0.25, -0.2) is 9.37 Å². The van der Waals surface area contributed by atoms with Crippen molar-refractivity contribution >= 4 is 39.0 Å². The third kappa shape index (κ3) is 3.81. The minimum absolute atomic E-state index is 0.0351. The van der Waals surface area contributed by atoms with E-state index in [0.717, 1.165) is 0 Å². The van der Waals surface area contributed by atoms with Gasteiger partial charge in [0.2, 0.25) is 0 Å². The summed E-state index contributed by atoms with van der Waals surface area (Å²) in [6, 6.07) is 11.8. The number of hydrogen-bond acceptors (Lipinski definition) is 6. The van der Waals surface area contributed by atoms with E-state index >= 15 is 0 Å². The molecule has 7 nitrogen and oxygen atoms in total. The molecule has 0 bridgehead atoms. The van der Waals surface area contributed by atoms with E-state index < -0.39 is 16.6 Å². The van der Waals surface area contributed by atoms with Crippen molar-refractivity contribution in [1.82, 2.24) is 9.97 Å². The summed E-state index contributed by atoms with van der Waals surface area (Å²) in [5, 5.41) is 16.3. The van der Waals surface area contributed by atoms with Gasteiger partial charge < -0.3 is 0 Å². The lowest BCUT2D eigenvalue weighted by Gasteiger charge is -2.07. The first-order chi connectivity index (χ1) is 13.9. The van der Waals surface area contributed by atoms with Crippen LogP contribution in [0.2, 0.25) is 0 Å². The number of fused-ring (bicyclic) bond motifs is 1. The van der Waals surface area contributed by atoms with Crippen molar-refractivity contribution in [3.8, 4) is 11.3 Å². The molecule has 0 aliphatic carbocycles. The summed E-state index contributed by atoms with van der Waals surface area (Å²) < 4.78 is 13.5. The Morgan fingerprint density at radius 2 is 2.00 bits per heavy atom. The first-order valence-electron chi connectivity index (χ1n) is 8.49. The number of nitro benzene ring substituents is 1. The van der Waals surface area contributed by atoms with Gasteiger partial charge in [-0.3, -0.25) is 25.2 Å². The number of rotatable bonds is 4. The maximum absolute atomic E-state index is 13.5. The highest BCUT2D eigenvalue weighted by atomic mass is 32.1. The van der Waals surface area contributed by atoms with Gasteiger partial charge in [0.05, 0.1) is 21.7 Å². The number of benzene rings is 2. The molecule has 0 saturated heterocycles. The van der Waals surface area contributed by atoms with Crippen LogP contribution in [0.1, 0.15) is 16.1 Å². The van der Waals surface area contributed by atoms with Crippen molar-refractivity contribution in [1.29, 1.82) is 0 Å². The molecule has 0 aliphatic rings. The number of nitrogens with zero attached hydrogens (tertiary/aromatic N) is 3. The zero-order valence-corrected chi connectivity index (χ0v) is 15.9. The molecular formula is C20H13FN4O3S. The minimum atomic E-state index is -0.474. The highest BCUT2D eigenvalue weighted by Crippen LogP contribution is 2.28. The zero-order valence-electron chi connectivity index (χ0n) is 15.0. The number of non-ortho nitro benzene ring substituents is 1. The molecule has 4 aromatic rings. The number of halogens is 1. The Labute approximate surface area is 168 Å². The van der Waals surface area contributed by atoms with Gasteiger partial charge in [-0.2, -0.15) is 0 Å². The van der Waals surface area contributed by atoms with Gasteiger partial charge in [-0.05, 0) is 25.1 Å². The monoisotopic (exact) mass is 408 g/mol. The molecule has 0 spiro atoms. The lowest BCUT2D eigenvalue weighted by atomic mass is 10.1. The van der Waals surface area contributed by atoms with Gasteiger partial charge in [0.25, 0.3) is 11.6 Å². The van der Waals surface area contributed by atoms with Crippen LogP contribution in [-0.2, 0) is 0 Å². The molecule has 0 unspecified atom stereocenters. The molecule has 9 heteroatoms. The smallest absolute Gasteiger partial charge is 0.270 e. The van der Waals surface area contributed by atoms with Crippen LogP contribution in [0, 0.1) is 22.9 Å². The summed E-state index contributed by atoms with van der Waals surface area (Å²) in [6.45, 7) is 1.73. The Kier molecular flexibility index (Phi) is 4.73. The topological polar surface area (TPSA) is 98.0 Å². The van der Waals surface area contributed by atoms with Crippen LogP contribution in [0.25, 0.3) is 22.2 Å². The fourth-order valence-electron chi connectivity index (χ4n) is 2.93. The van der Waals surface area contributed by atoms with Crippen LogP contribution in [-0.4, -0.2) is 20.8 Å². The van der Waals surface area contributed by atoms with Crippen molar-refractivity contribution in [2.45, 2.75) is 6.92 Å². The number of carbonyl (C=O) groups is 1. The van der Waals surface area contributed by atoms with E-state index in [1.807, 2.05) is 0 Å². The molecule has 0 atom stereocenters. The molecule has 0 fully saturated rings. The van der Waals surface area contributed by atoms with Crippen LogP contribution >= 0.6 is 11.3 Å². The van der Waals surface area contributed by atoms with Crippen LogP contribution in [0.5, 0.6) is 0 Å². The molecule has 1 amide bonds. The third-order valence-corrected chi connectivity index (χ3v) is 4.98. The van der Waals surface area contributed by atoms with Crippen LogP contribution in [0.4, 0.5) is 15.2 Å². The maximum Gasteiger partial charge on any atom is 0.270 e. The molecule has 2 aromatic carbocycles. The van der Waals surface area contributed by atoms with Crippen molar-refractivity contribution in [2.75, 3.05) is 5.32 Å². The Morgan fingerprint density at radius 3 is 2.79 bits per heavy atom. The standard InChI is InChI=1S/C20H13FN4O3S/c1-11-7-16(15-6-5-13(21)9-17(15)22-11)19(26)24-20-23-18(10-29-20)12-3-2-4-14(8-12)25(27)28/h2-10H,1H3,(H,23,24,26). The van der Waals surface area contributed by atoms with Crippen molar-refractivity contribution in [3.63, 3.8) is 0 Å². The zero-order chi connectivity index (χ0) is 20.5. The number of aryl methyl sites for hydroxylation is 1. The SMILES string of the molecule is Cc1cc(C(=O)Nc2nc(-c3cccc([N+](=O)[O-])c3)cs2)c2ccc(F)cc2n1. The summed E-state index contributed by atoms with van der Waals surface area (Å²) >= 11 is 1.21. The second-order valence-electron chi connectivity index (χ2n) is 6.27. The number of thiazole rings is 1. The Bertz CT molecular complexity index is 1270. The number of hydrogen-bond donors (Lipinski definition) is 1. The number of carbonyl (C=O) groups excluding carboxylic acids is 1. The van der Waals surface area contributed by atoms with E-state index in [0.29, 0.717) is 38.5 Å². The highest BCUT2D eigenvalue weighted by molar-refractivity contribution is 7.14. The maximum atomic E-state index is 13.5. The molecule has 29 heavy (non-hydrogen) atoms. The summed E-state index contributed by atoms with van der Waals surface area (Å²) in [7, 11) is 0. The number of aromatic nitrogens is 2. The Balaban J connectivity index is 1.63. The van der Waals surface area contributed by atoms with E-state index in [4.69, 9.17) is 0 Å². The molecule has 144 valence electrons. The van der Waals surface area contributed by atoms with E-state index in [1.54, 1.807) is 30.5 Å². The van der Waals surface area contributed by atoms with Gasteiger partial charge >= 0.3 is 0 Å². The number of nitro groups is 1. The summed E-state index contributed by atoms with van der Waals surface area (Å²) in [6.07, 6.45) is 0. The number of anilines is 1. The van der Waals surface area contributed by atoms with Crippen molar-refractivity contribution in [2.24, 2.45) is 0 Å². The fraction of sp³-hybridized carbons (Fsp3) is 0.0500. The molecule has 2 aromatic heterocycles. The number of pyridine rings is 1. The Morgan fingerprint density at radius 1 is 1.17 bits per heavy atom. The van der Waals surface area contributed by atoms with Crippen molar-refractivity contribution < 1.29 is 14.1 Å². The van der Waals surface area contributed by atoms with E-state index in [1.165, 1.54) is 41.7 Å². The molecule has 0 saturated carbocycles. The number of amides is 1. The third-order valence-electron chi connectivity index (χ3n) is 4.22. The fourth-order valence-corrected chi connectivity index (χ4v) is 3.64. The average Bonchev–Trinajstić information content (AvgIpc) is 3.15. The first kappa shape index (κ1) is 18.6. The molecule has 0 radical (unpaired) electrons. The first-order valence-corrected chi connectivity index (χ1v) is 9.37. The average molecular weight is 408 g/mol. The van der Waals surface area contributed by atoms with E-state index in [2.05, 4.69) is 15.3 Å². The summed E-state index contributed by atoms with van der Waals surface area (Å²) in [4.78, 5) is 31.9. The predicted octanol–water partition coefficient (Wildman–Crippen LogP) is 4.97. The van der Waals surface area contributed by atoms with Gasteiger partial charge in [0.1, 0.15) is 5.82 Å². The Hall–Kier alpha value is -3.72. The van der Waals surface area contributed by atoms with Gasteiger partial charge in [0.15, 0.2) is 5.13 Å². The predicted molar refractivity (Wildman–Crippen MR) is 109 cm³/mol. The van der Waals surface area contributed by atoms with Gasteiger partial charge in [0, 0.05) is 40.2 Å². The normalized spacial score (nSPS) is 10.8. The minimum Gasteiger partial charge on any atom is -0.298 e. The highest BCUT2D eigenvalue weighted by Gasteiger charge is 2.15. The number of nitrogens with one attached hydrogen (secondary N) is 1. The van der Waals surface area contributed by atoms with Crippen LogP contribution < -0.4 is 5.32 Å². The largest absolute Gasteiger partial charge is 0.298 e.